The number of carboxylic acids is 2. The minimum Gasteiger partial charge on any atom is -0.548 e. The Kier molecular flexibility index (Phi) is 37.0. The molecular weight excluding hydrogens is 562 g/mol. The summed E-state index contributed by atoms with van der Waals surface area (Å²) >= 11 is 0. The average Bonchev–Trinajstić information content (AvgIpc) is 2.91. The summed E-state index contributed by atoms with van der Waals surface area (Å²) in [7, 11) is 2.24. The Morgan fingerprint density at radius 2 is 0.762 bits per heavy atom. The fourth-order valence-corrected chi connectivity index (χ4v) is 6.59. The van der Waals surface area contributed by atoms with Gasteiger partial charge in [0.05, 0.1) is 24.0 Å². The SMILES string of the molecule is CCCCCCCCCCCC(=O)N[C@@H](CSSC[C@H](NC(=O)CCCCCCCCCCC)C(=O)[O-])C(=O)[O-].[Li+].[Li+]. The maximum absolute atomic E-state index is 12.2. The number of nitrogens with one attached hydrogen (secondary N) is 2. The Hall–Kier alpha value is -0.225. The van der Waals surface area contributed by atoms with E-state index in [4.69, 9.17) is 0 Å². The van der Waals surface area contributed by atoms with Gasteiger partial charge in [-0.25, -0.2) is 0 Å². The van der Waals surface area contributed by atoms with Crippen LogP contribution in [0.1, 0.15) is 142 Å². The van der Waals surface area contributed by atoms with Gasteiger partial charge in [0.15, 0.2) is 0 Å². The monoisotopic (exact) mass is 616 g/mol. The summed E-state index contributed by atoms with van der Waals surface area (Å²) in [6.45, 7) is 4.39. The van der Waals surface area contributed by atoms with Gasteiger partial charge in [-0.3, -0.25) is 9.59 Å². The molecule has 0 fully saturated rings. The first-order chi connectivity index (χ1) is 19.3. The van der Waals surface area contributed by atoms with Crippen LogP contribution < -0.4 is 58.6 Å². The Morgan fingerprint density at radius 1 is 0.500 bits per heavy atom. The van der Waals surface area contributed by atoms with E-state index in [2.05, 4.69) is 24.5 Å². The van der Waals surface area contributed by atoms with Crippen molar-refractivity contribution in [1.29, 1.82) is 0 Å². The fourth-order valence-electron chi connectivity index (χ4n) is 4.30. The van der Waals surface area contributed by atoms with Gasteiger partial charge in [-0.05, 0) is 12.8 Å². The van der Waals surface area contributed by atoms with E-state index in [1.165, 1.54) is 64.2 Å². The minimum atomic E-state index is -1.38. The van der Waals surface area contributed by atoms with Crippen molar-refractivity contribution in [3.8, 4) is 0 Å². The number of hydrogen-bond donors (Lipinski definition) is 2. The molecule has 0 aliphatic heterocycles. The molecule has 0 aromatic heterocycles. The Bertz CT molecular complexity index is 636. The third-order valence-electron chi connectivity index (χ3n) is 6.81. The van der Waals surface area contributed by atoms with Crippen LogP contribution in [0, 0.1) is 0 Å². The molecule has 0 unspecified atom stereocenters. The third kappa shape index (κ3) is 29.8. The quantitative estimate of drug-likeness (QED) is 0.0600. The van der Waals surface area contributed by atoms with Crippen molar-refractivity contribution in [1.82, 2.24) is 10.6 Å². The van der Waals surface area contributed by atoms with E-state index < -0.39 is 24.0 Å². The number of rotatable bonds is 29. The van der Waals surface area contributed by atoms with Crippen molar-refractivity contribution in [2.24, 2.45) is 0 Å². The second-order valence-corrected chi connectivity index (χ2v) is 13.2. The standard InChI is InChI=1S/C30H56N2O6S2.2Li/c1-3-5-7-9-11-13-15-17-19-21-27(33)31-25(29(35)36)23-39-40-24-26(30(37)38)32-28(34)22-20-18-16-14-12-10-8-6-4-2;;/h25-26H,3-24H2,1-2H3,(H,31,33)(H,32,34)(H,35,36)(H,37,38);;/q;2*+1/p-2/t25-,26-;;/m0../s1. The Morgan fingerprint density at radius 3 is 1.02 bits per heavy atom. The van der Waals surface area contributed by atoms with E-state index in [1.807, 2.05) is 0 Å². The molecule has 0 saturated carbocycles. The first-order valence-corrected chi connectivity index (χ1v) is 18.0. The Labute approximate surface area is 287 Å². The smallest absolute Gasteiger partial charge is 0.548 e. The molecule has 8 nitrogen and oxygen atoms in total. The zero-order valence-corrected chi connectivity index (χ0v) is 28.6. The molecule has 2 N–H and O–H groups in total. The number of carbonyl (C=O) groups excluding carboxylic acids is 4. The van der Waals surface area contributed by atoms with Gasteiger partial charge in [-0.2, -0.15) is 0 Å². The number of carbonyl (C=O) groups is 4. The van der Waals surface area contributed by atoms with E-state index in [-0.39, 0.29) is 73.9 Å². The van der Waals surface area contributed by atoms with E-state index >= 15 is 0 Å². The summed E-state index contributed by atoms with van der Waals surface area (Å²) in [4.78, 5) is 47.2. The minimum absolute atomic E-state index is 0. The molecule has 2 amide bonds. The second kappa shape index (κ2) is 33.7. The van der Waals surface area contributed by atoms with Crippen molar-refractivity contribution < 1.29 is 67.1 Å². The van der Waals surface area contributed by atoms with Crippen LogP contribution in [0.25, 0.3) is 0 Å². The van der Waals surface area contributed by atoms with E-state index in [9.17, 15) is 29.4 Å². The summed E-state index contributed by atoms with van der Waals surface area (Å²) in [5, 5.41) is 27.9. The molecule has 0 radical (unpaired) electrons. The number of amides is 2. The van der Waals surface area contributed by atoms with E-state index in [0.29, 0.717) is 12.8 Å². The molecule has 0 aliphatic rings. The molecule has 0 heterocycles. The third-order valence-corrected chi connectivity index (χ3v) is 9.23. The second-order valence-electron chi connectivity index (χ2n) is 10.6. The first kappa shape index (κ1) is 46.2. The van der Waals surface area contributed by atoms with Crippen molar-refractivity contribution in [3.05, 3.63) is 0 Å². The zero-order chi connectivity index (χ0) is 29.8. The van der Waals surface area contributed by atoms with Crippen LogP contribution >= 0.6 is 21.6 Å². The Balaban J connectivity index is -0.00000760. The van der Waals surface area contributed by atoms with Crippen LogP contribution in [0.5, 0.6) is 0 Å². The molecule has 0 saturated heterocycles. The van der Waals surface area contributed by atoms with Gasteiger partial charge in [-0.15, -0.1) is 0 Å². The average molecular weight is 617 g/mol. The number of carboxylic acid groups (broad SMARTS) is 2. The molecule has 42 heavy (non-hydrogen) atoms. The first-order valence-electron chi connectivity index (χ1n) is 15.6. The van der Waals surface area contributed by atoms with E-state index in [0.717, 1.165) is 60.1 Å². The zero-order valence-electron chi connectivity index (χ0n) is 27.0. The van der Waals surface area contributed by atoms with Crippen LogP contribution in [0.4, 0.5) is 0 Å². The van der Waals surface area contributed by atoms with Gasteiger partial charge in [0.25, 0.3) is 0 Å². The largest absolute Gasteiger partial charge is 1.00 e. The molecule has 0 aromatic rings. The topological polar surface area (TPSA) is 138 Å². The van der Waals surface area contributed by atoms with Crippen molar-refractivity contribution in [2.75, 3.05) is 11.5 Å². The molecule has 0 rings (SSSR count). The summed E-state index contributed by atoms with van der Waals surface area (Å²) in [6.07, 6.45) is 20.9. The number of unbranched alkanes of at least 4 members (excludes halogenated alkanes) is 16. The van der Waals surface area contributed by atoms with Crippen LogP contribution in [-0.2, 0) is 19.2 Å². The van der Waals surface area contributed by atoms with Crippen molar-refractivity contribution in [2.45, 2.75) is 154 Å². The molecule has 0 aliphatic carbocycles. The van der Waals surface area contributed by atoms with E-state index in [1.54, 1.807) is 0 Å². The molecule has 0 spiro atoms. The fraction of sp³-hybridized carbons (Fsp3) is 0.867. The molecule has 2 atom stereocenters. The van der Waals surface area contributed by atoms with Gasteiger partial charge in [-0.1, -0.05) is 138 Å². The summed E-state index contributed by atoms with van der Waals surface area (Å²) < 4.78 is 0. The van der Waals surface area contributed by atoms with Crippen LogP contribution in [0.3, 0.4) is 0 Å². The number of aliphatic carboxylic acids is 2. The van der Waals surface area contributed by atoms with Gasteiger partial charge in [0.1, 0.15) is 0 Å². The predicted octanol–water partition coefficient (Wildman–Crippen LogP) is -1.31. The predicted molar refractivity (Wildman–Crippen MR) is 162 cm³/mol. The van der Waals surface area contributed by atoms with Crippen molar-refractivity contribution >= 4 is 45.3 Å². The van der Waals surface area contributed by atoms with Gasteiger partial charge < -0.3 is 30.4 Å². The van der Waals surface area contributed by atoms with Crippen molar-refractivity contribution in [3.63, 3.8) is 0 Å². The molecule has 0 aromatic carbocycles. The summed E-state index contributed by atoms with van der Waals surface area (Å²) in [6, 6.07) is -2.32. The normalized spacial score (nSPS) is 12.0. The molecular formula is C30H54Li2N2O6S2. The molecule has 0 bridgehead atoms. The summed E-state index contributed by atoms with van der Waals surface area (Å²) in [5.41, 5.74) is 0. The van der Waals surface area contributed by atoms with Gasteiger partial charge in [0, 0.05) is 24.3 Å². The van der Waals surface area contributed by atoms with Crippen LogP contribution in [0.15, 0.2) is 0 Å². The summed E-state index contributed by atoms with van der Waals surface area (Å²) in [5.74, 6) is -3.33. The van der Waals surface area contributed by atoms with Gasteiger partial charge >= 0.3 is 37.7 Å². The maximum Gasteiger partial charge on any atom is 1.00 e. The molecule has 234 valence electrons. The van der Waals surface area contributed by atoms with Crippen LogP contribution in [-0.4, -0.2) is 47.3 Å². The van der Waals surface area contributed by atoms with Crippen LogP contribution in [0.2, 0.25) is 0 Å². The maximum atomic E-state index is 12.2. The number of hydrogen-bond acceptors (Lipinski definition) is 8. The van der Waals surface area contributed by atoms with Gasteiger partial charge in [0.2, 0.25) is 11.8 Å². The molecule has 12 heteroatoms.